The molecule has 1 heterocycles. The number of esters is 1. The van der Waals surface area contributed by atoms with E-state index in [-0.39, 0.29) is 12.0 Å². The third-order valence-corrected chi connectivity index (χ3v) is 2.96. The normalized spacial score (nSPS) is 11.6. The smallest absolute Gasteiger partial charge is 0.319 e. The van der Waals surface area contributed by atoms with Gasteiger partial charge in [-0.15, -0.1) is 0 Å². The zero-order chi connectivity index (χ0) is 13.7. The summed E-state index contributed by atoms with van der Waals surface area (Å²) in [6, 6.07) is 0.647. The minimum absolute atomic E-state index is 0.209. The van der Waals surface area contributed by atoms with Gasteiger partial charge in [-0.2, -0.15) is 0 Å². The number of imidazole rings is 1. The van der Waals surface area contributed by atoms with Crippen molar-refractivity contribution in [3.8, 4) is 0 Å². The molecule has 18 heavy (non-hydrogen) atoms. The van der Waals surface area contributed by atoms with E-state index in [1.54, 1.807) is 0 Å². The van der Waals surface area contributed by atoms with Crippen LogP contribution in [0.15, 0.2) is 12.5 Å². The van der Waals surface area contributed by atoms with Gasteiger partial charge in [0.2, 0.25) is 0 Å². The first-order chi connectivity index (χ1) is 8.45. The number of hydrogen-bond donors (Lipinski definition) is 0. The first-order valence-corrected chi connectivity index (χ1v) is 6.27. The zero-order valence-corrected chi connectivity index (χ0v) is 11.9. The molecule has 5 heteroatoms. The standard InChI is InChI=1S/C13H23N3O2/c1-10(2)15(8-13(17)18-5)7-12-6-14-9-16(12)11(3)4/h6,9-11H,7-8H2,1-5H3. The average molecular weight is 253 g/mol. The number of ether oxygens (including phenoxy) is 1. The molecule has 0 spiro atoms. The molecule has 0 bridgehead atoms. The van der Waals surface area contributed by atoms with Crippen molar-refractivity contribution in [1.29, 1.82) is 0 Å². The molecule has 5 nitrogen and oxygen atoms in total. The highest BCUT2D eigenvalue weighted by Crippen LogP contribution is 2.13. The second-order valence-electron chi connectivity index (χ2n) is 4.96. The molecule has 1 aromatic rings. The summed E-state index contributed by atoms with van der Waals surface area (Å²) in [6.07, 6.45) is 3.68. The average Bonchev–Trinajstić information content (AvgIpc) is 2.76. The molecule has 0 radical (unpaired) electrons. The second kappa shape index (κ2) is 6.54. The van der Waals surface area contributed by atoms with Crippen LogP contribution < -0.4 is 0 Å². The lowest BCUT2D eigenvalue weighted by molar-refractivity contribution is -0.142. The summed E-state index contributed by atoms with van der Waals surface area (Å²) in [5, 5.41) is 0. The summed E-state index contributed by atoms with van der Waals surface area (Å²) in [7, 11) is 1.42. The fourth-order valence-electron chi connectivity index (χ4n) is 1.78. The Bertz CT molecular complexity index is 385. The zero-order valence-electron chi connectivity index (χ0n) is 11.9. The maximum Gasteiger partial charge on any atom is 0.319 e. The van der Waals surface area contributed by atoms with E-state index < -0.39 is 0 Å². The fourth-order valence-corrected chi connectivity index (χ4v) is 1.78. The lowest BCUT2D eigenvalue weighted by atomic mass is 10.2. The Morgan fingerprint density at radius 3 is 2.61 bits per heavy atom. The van der Waals surface area contributed by atoms with Crippen LogP contribution >= 0.6 is 0 Å². The molecule has 1 aromatic heterocycles. The Hall–Kier alpha value is -1.36. The van der Waals surface area contributed by atoms with Crippen LogP contribution in [0.1, 0.15) is 39.4 Å². The van der Waals surface area contributed by atoms with Gasteiger partial charge in [-0.1, -0.05) is 0 Å². The van der Waals surface area contributed by atoms with E-state index in [0.717, 1.165) is 5.69 Å². The van der Waals surface area contributed by atoms with Crippen LogP contribution in [-0.4, -0.2) is 40.1 Å². The molecule has 0 aromatic carbocycles. The van der Waals surface area contributed by atoms with Gasteiger partial charge in [0.05, 0.1) is 25.7 Å². The van der Waals surface area contributed by atoms with Gasteiger partial charge in [0.25, 0.3) is 0 Å². The molecule has 0 unspecified atom stereocenters. The summed E-state index contributed by atoms with van der Waals surface area (Å²) in [4.78, 5) is 17.6. The van der Waals surface area contributed by atoms with E-state index in [0.29, 0.717) is 19.1 Å². The molecular weight excluding hydrogens is 230 g/mol. The van der Waals surface area contributed by atoms with Gasteiger partial charge in [0.1, 0.15) is 0 Å². The maximum atomic E-state index is 11.4. The molecule has 0 aliphatic heterocycles. The molecule has 0 N–H and O–H groups in total. The number of aromatic nitrogens is 2. The van der Waals surface area contributed by atoms with Gasteiger partial charge >= 0.3 is 5.97 Å². The van der Waals surface area contributed by atoms with Gasteiger partial charge in [-0.05, 0) is 27.7 Å². The van der Waals surface area contributed by atoms with Crippen molar-refractivity contribution in [2.45, 2.75) is 46.3 Å². The Labute approximate surface area is 109 Å². The van der Waals surface area contributed by atoms with E-state index >= 15 is 0 Å². The van der Waals surface area contributed by atoms with Crippen LogP contribution in [0, 0.1) is 0 Å². The number of rotatable bonds is 6. The monoisotopic (exact) mass is 253 g/mol. The summed E-state index contributed by atoms with van der Waals surface area (Å²) in [6.45, 7) is 9.37. The van der Waals surface area contributed by atoms with Crippen LogP contribution in [0.4, 0.5) is 0 Å². The maximum absolute atomic E-state index is 11.4. The molecule has 102 valence electrons. The molecule has 0 amide bonds. The second-order valence-corrected chi connectivity index (χ2v) is 4.96. The number of carbonyl (C=O) groups excluding carboxylic acids is 1. The Kier molecular flexibility index (Phi) is 5.34. The first-order valence-electron chi connectivity index (χ1n) is 6.27. The van der Waals surface area contributed by atoms with Crippen LogP contribution in [0.3, 0.4) is 0 Å². The van der Waals surface area contributed by atoms with Crippen LogP contribution in [0.2, 0.25) is 0 Å². The van der Waals surface area contributed by atoms with Gasteiger partial charge < -0.3 is 9.30 Å². The minimum atomic E-state index is -0.209. The van der Waals surface area contributed by atoms with Crippen molar-refractivity contribution in [1.82, 2.24) is 14.5 Å². The highest BCUT2D eigenvalue weighted by Gasteiger charge is 2.17. The fraction of sp³-hybridized carbons (Fsp3) is 0.692. The van der Waals surface area contributed by atoms with E-state index in [4.69, 9.17) is 4.74 Å². The highest BCUT2D eigenvalue weighted by atomic mass is 16.5. The third kappa shape index (κ3) is 3.84. The Balaban J connectivity index is 2.77. The summed E-state index contributed by atoms with van der Waals surface area (Å²) >= 11 is 0. The number of nitrogens with zero attached hydrogens (tertiary/aromatic N) is 3. The van der Waals surface area contributed by atoms with Crippen molar-refractivity contribution < 1.29 is 9.53 Å². The van der Waals surface area contributed by atoms with Gasteiger partial charge in [-0.25, -0.2) is 4.98 Å². The summed E-state index contributed by atoms with van der Waals surface area (Å²) in [5.41, 5.74) is 1.11. The van der Waals surface area contributed by atoms with Gasteiger partial charge in [-0.3, -0.25) is 9.69 Å². The van der Waals surface area contributed by atoms with Crippen molar-refractivity contribution in [2.75, 3.05) is 13.7 Å². The molecule has 0 saturated heterocycles. The number of carbonyl (C=O) groups is 1. The number of hydrogen-bond acceptors (Lipinski definition) is 4. The van der Waals surface area contributed by atoms with E-state index in [1.165, 1.54) is 7.11 Å². The summed E-state index contributed by atoms with van der Waals surface area (Å²) in [5.74, 6) is -0.209. The Morgan fingerprint density at radius 1 is 1.44 bits per heavy atom. The van der Waals surface area contributed by atoms with Gasteiger partial charge in [0.15, 0.2) is 0 Å². The van der Waals surface area contributed by atoms with Crippen LogP contribution in [0.25, 0.3) is 0 Å². The molecule has 0 fully saturated rings. The van der Waals surface area contributed by atoms with Crippen molar-refractivity contribution in [2.24, 2.45) is 0 Å². The first kappa shape index (κ1) is 14.7. The molecular formula is C13H23N3O2. The largest absolute Gasteiger partial charge is 0.468 e. The third-order valence-electron chi connectivity index (χ3n) is 2.96. The highest BCUT2D eigenvalue weighted by molar-refractivity contribution is 5.71. The van der Waals surface area contributed by atoms with E-state index in [2.05, 4.69) is 42.1 Å². The van der Waals surface area contributed by atoms with Crippen molar-refractivity contribution in [3.63, 3.8) is 0 Å². The summed E-state index contributed by atoms with van der Waals surface area (Å²) < 4.78 is 6.84. The van der Waals surface area contributed by atoms with E-state index in [1.807, 2.05) is 12.5 Å². The quantitative estimate of drug-likeness (QED) is 0.726. The SMILES string of the molecule is COC(=O)CN(Cc1cncn1C(C)C)C(C)C. The molecule has 0 atom stereocenters. The molecule has 0 aliphatic rings. The molecule has 1 rings (SSSR count). The lowest BCUT2D eigenvalue weighted by Crippen LogP contribution is -2.36. The minimum Gasteiger partial charge on any atom is -0.468 e. The van der Waals surface area contributed by atoms with Gasteiger partial charge in [0, 0.05) is 24.8 Å². The van der Waals surface area contributed by atoms with E-state index in [9.17, 15) is 4.79 Å². The van der Waals surface area contributed by atoms with Crippen molar-refractivity contribution >= 4 is 5.97 Å². The lowest BCUT2D eigenvalue weighted by Gasteiger charge is -2.26. The molecule has 0 saturated carbocycles. The molecule has 0 aliphatic carbocycles. The number of methoxy groups -OCH3 is 1. The van der Waals surface area contributed by atoms with Crippen molar-refractivity contribution in [3.05, 3.63) is 18.2 Å². The van der Waals surface area contributed by atoms with Crippen LogP contribution in [-0.2, 0) is 16.1 Å². The predicted molar refractivity (Wildman–Crippen MR) is 70.2 cm³/mol. The topological polar surface area (TPSA) is 47.4 Å². The Morgan fingerprint density at radius 2 is 2.11 bits per heavy atom. The van der Waals surface area contributed by atoms with Crippen LogP contribution in [0.5, 0.6) is 0 Å². The predicted octanol–water partition coefficient (Wildman–Crippen LogP) is 1.85.